The lowest BCUT2D eigenvalue weighted by Crippen LogP contribution is -1.99. The van der Waals surface area contributed by atoms with Gasteiger partial charge in [-0.25, -0.2) is 0 Å². The second kappa shape index (κ2) is 4.16. The van der Waals surface area contributed by atoms with Gasteiger partial charge in [0.25, 0.3) is 0 Å². The number of Topliss-reactive ketones (excluding diaryl/α,β-unsaturated/α-hetero) is 1. The number of benzene rings is 1. The first-order chi connectivity index (χ1) is 6.60. The summed E-state index contributed by atoms with van der Waals surface area (Å²) in [5.41, 5.74) is 0.908. The van der Waals surface area contributed by atoms with Gasteiger partial charge in [-0.1, -0.05) is 0 Å². The summed E-state index contributed by atoms with van der Waals surface area (Å²) in [7, 11) is 0. The molecule has 1 aromatic rings. The van der Waals surface area contributed by atoms with Gasteiger partial charge in [0.05, 0.1) is 11.6 Å². The highest BCUT2D eigenvalue weighted by Crippen LogP contribution is 2.22. The Morgan fingerprint density at radius 1 is 1.57 bits per heavy atom. The van der Waals surface area contributed by atoms with Gasteiger partial charge in [0.2, 0.25) is 0 Å². The predicted octanol–water partition coefficient (Wildman–Crippen LogP) is 2.34. The first-order valence-corrected chi connectivity index (χ1v) is 4.59. The molecule has 14 heavy (non-hydrogen) atoms. The summed E-state index contributed by atoms with van der Waals surface area (Å²) in [6.45, 7) is 1.38. The third-order valence-electron chi connectivity index (χ3n) is 1.72. The number of carbonyl (C=O) groups excluding carboxylic acids is 2. The number of nitriles is 1. The zero-order valence-corrected chi connectivity index (χ0v) is 8.96. The van der Waals surface area contributed by atoms with Crippen molar-refractivity contribution in [2.45, 2.75) is 6.92 Å². The van der Waals surface area contributed by atoms with Crippen molar-refractivity contribution in [1.29, 1.82) is 5.26 Å². The van der Waals surface area contributed by atoms with Crippen molar-refractivity contribution in [1.82, 2.24) is 0 Å². The summed E-state index contributed by atoms with van der Waals surface area (Å²) < 4.78 is 0.478. The summed E-state index contributed by atoms with van der Waals surface area (Å²) in [6.07, 6.45) is 0.634. The molecule has 0 saturated heterocycles. The van der Waals surface area contributed by atoms with E-state index in [1.807, 2.05) is 6.07 Å². The van der Waals surface area contributed by atoms with Gasteiger partial charge in [0.1, 0.15) is 6.29 Å². The van der Waals surface area contributed by atoms with E-state index in [-0.39, 0.29) is 11.3 Å². The molecule has 0 spiro atoms. The van der Waals surface area contributed by atoms with Crippen LogP contribution in [0.5, 0.6) is 0 Å². The van der Waals surface area contributed by atoms with E-state index in [1.54, 1.807) is 0 Å². The zero-order valence-electron chi connectivity index (χ0n) is 7.37. The first kappa shape index (κ1) is 10.6. The molecular weight excluding hydrogens is 246 g/mol. The molecule has 0 aliphatic heterocycles. The monoisotopic (exact) mass is 251 g/mol. The molecule has 0 atom stereocenters. The number of nitrogens with zero attached hydrogens (tertiary/aromatic N) is 1. The minimum Gasteiger partial charge on any atom is -0.298 e. The predicted molar refractivity (Wildman–Crippen MR) is 54.2 cm³/mol. The molecule has 0 radical (unpaired) electrons. The maximum absolute atomic E-state index is 11.2. The molecule has 0 aliphatic carbocycles. The molecule has 0 aliphatic rings. The van der Waals surface area contributed by atoms with E-state index < -0.39 is 0 Å². The van der Waals surface area contributed by atoms with Gasteiger partial charge < -0.3 is 0 Å². The standard InChI is InChI=1S/C10H6BrNO2/c1-6(14)10-8(4-12)2-7(5-13)3-9(10)11/h2-3,5H,1H3. The van der Waals surface area contributed by atoms with Gasteiger partial charge in [-0.3, -0.25) is 9.59 Å². The molecule has 0 saturated carbocycles. The van der Waals surface area contributed by atoms with E-state index >= 15 is 0 Å². The Labute approximate surface area is 89.5 Å². The number of aldehydes is 1. The van der Waals surface area contributed by atoms with Crippen molar-refractivity contribution in [3.63, 3.8) is 0 Å². The summed E-state index contributed by atoms with van der Waals surface area (Å²) in [5.74, 6) is -0.203. The molecule has 3 nitrogen and oxygen atoms in total. The average Bonchev–Trinajstić information content (AvgIpc) is 2.15. The third-order valence-corrected chi connectivity index (χ3v) is 2.35. The van der Waals surface area contributed by atoms with Crippen LogP contribution < -0.4 is 0 Å². The van der Waals surface area contributed by atoms with E-state index in [1.165, 1.54) is 19.1 Å². The van der Waals surface area contributed by atoms with Gasteiger partial charge in [0, 0.05) is 15.6 Å². The van der Waals surface area contributed by atoms with Crippen molar-refractivity contribution in [2.24, 2.45) is 0 Å². The SMILES string of the molecule is CC(=O)c1c(Br)cc(C=O)cc1C#N. The molecule has 0 fully saturated rings. The molecular formula is C10H6BrNO2. The number of rotatable bonds is 2. The highest BCUT2D eigenvalue weighted by atomic mass is 79.9. The lowest BCUT2D eigenvalue weighted by atomic mass is 10.0. The van der Waals surface area contributed by atoms with E-state index in [4.69, 9.17) is 5.26 Å². The fourth-order valence-electron chi connectivity index (χ4n) is 1.14. The van der Waals surface area contributed by atoms with Crippen LogP contribution in [0.4, 0.5) is 0 Å². The minimum absolute atomic E-state index is 0.203. The molecule has 0 bridgehead atoms. The van der Waals surface area contributed by atoms with Crippen LogP contribution in [0.15, 0.2) is 16.6 Å². The average molecular weight is 252 g/mol. The smallest absolute Gasteiger partial charge is 0.162 e. The van der Waals surface area contributed by atoms with E-state index in [0.717, 1.165) is 0 Å². The topological polar surface area (TPSA) is 57.9 Å². The van der Waals surface area contributed by atoms with Crippen molar-refractivity contribution < 1.29 is 9.59 Å². The maximum atomic E-state index is 11.2. The quantitative estimate of drug-likeness (QED) is 0.599. The zero-order chi connectivity index (χ0) is 10.7. The second-order valence-electron chi connectivity index (χ2n) is 2.71. The fraction of sp³-hybridized carbons (Fsp3) is 0.100. The molecule has 4 heteroatoms. The van der Waals surface area contributed by atoms with Crippen molar-refractivity contribution in [3.8, 4) is 6.07 Å². The highest BCUT2D eigenvalue weighted by molar-refractivity contribution is 9.10. The van der Waals surface area contributed by atoms with Crippen LogP contribution in [0.25, 0.3) is 0 Å². The van der Waals surface area contributed by atoms with Gasteiger partial charge in [0.15, 0.2) is 5.78 Å². The fourth-order valence-corrected chi connectivity index (χ4v) is 1.90. The lowest BCUT2D eigenvalue weighted by molar-refractivity contribution is 0.101. The van der Waals surface area contributed by atoms with Crippen molar-refractivity contribution in [3.05, 3.63) is 33.3 Å². The first-order valence-electron chi connectivity index (χ1n) is 3.80. The minimum atomic E-state index is -0.203. The van der Waals surface area contributed by atoms with Crippen molar-refractivity contribution in [2.75, 3.05) is 0 Å². The van der Waals surface area contributed by atoms with Crippen molar-refractivity contribution >= 4 is 28.0 Å². The molecule has 0 heterocycles. The van der Waals surface area contributed by atoms with Gasteiger partial charge >= 0.3 is 0 Å². The van der Waals surface area contributed by atoms with Crippen LogP contribution in [0.1, 0.15) is 33.2 Å². The largest absolute Gasteiger partial charge is 0.298 e. The molecule has 0 N–H and O–H groups in total. The summed E-state index contributed by atoms with van der Waals surface area (Å²) in [5, 5.41) is 8.77. The van der Waals surface area contributed by atoms with Gasteiger partial charge in [-0.05, 0) is 35.0 Å². The van der Waals surface area contributed by atoms with E-state index in [0.29, 0.717) is 21.9 Å². The Kier molecular flexibility index (Phi) is 3.15. The van der Waals surface area contributed by atoms with Crippen LogP contribution in [-0.4, -0.2) is 12.1 Å². The highest BCUT2D eigenvalue weighted by Gasteiger charge is 2.12. The molecule has 70 valence electrons. The van der Waals surface area contributed by atoms with Crippen LogP contribution in [-0.2, 0) is 0 Å². The maximum Gasteiger partial charge on any atom is 0.162 e. The molecule has 1 rings (SSSR count). The second-order valence-corrected chi connectivity index (χ2v) is 3.57. The number of carbonyl (C=O) groups is 2. The molecule has 0 aromatic heterocycles. The van der Waals surface area contributed by atoms with Gasteiger partial charge in [-0.15, -0.1) is 0 Å². The number of hydrogen-bond acceptors (Lipinski definition) is 3. The van der Waals surface area contributed by atoms with Gasteiger partial charge in [-0.2, -0.15) is 5.26 Å². The summed E-state index contributed by atoms with van der Waals surface area (Å²) >= 11 is 3.15. The Bertz CT molecular complexity index is 446. The Balaban J connectivity index is 3.52. The lowest BCUT2D eigenvalue weighted by Gasteiger charge is -2.03. The van der Waals surface area contributed by atoms with E-state index in [2.05, 4.69) is 15.9 Å². The summed E-state index contributed by atoms with van der Waals surface area (Å²) in [6, 6.07) is 4.80. The van der Waals surface area contributed by atoms with Crippen LogP contribution >= 0.6 is 15.9 Å². The summed E-state index contributed by atoms with van der Waals surface area (Å²) in [4.78, 5) is 21.7. The third kappa shape index (κ3) is 1.88. The normalized spacial score (nSPS) is 9.21. The number of hydrogen-bond donors (Lipinski definition) is 0. The van der Waals surface area contributed by atoms with E-state index in [9.17, 15) is 9.59 Å². The van der Waals surface area contributed by atoms with Crippen LogP contribution in [0, 0.1) is 11.3 Å². The Morgan fingerprint density at radius 3 is 2.64 bits per heavy atom. The van der Waals surface area contributed by atoms with Crippen LogP contribution in [0.2, 0.25) is 0 Å². The molecule has 0 unspecified atom stereocenters. The molecule has 1 aromatic carbocycles. The molecule has 0 amide bonds. The van der Waals surface area contributed by atoms with Crippen LogP contribution in [0.3, 0.4) is 0 Å². The Morgan fingerprint density at radius 2 is 2.21 bits per heavy atom. The Hall–Kier alpha value is -1.47. The number of ketones is 1. The number of halogens is 1.